The zero-order valence-corrected chi connectivity index (χ0v) is 15.9. The Morgan fingerprint density at radius 3 is 2.36 bits per heavy atom. The number of rotatable bonds is 8. The third-order valence-electron chi connectivity index (χ3n) is 4.53. The van der Waals surface area contributed by atoms with Gasteiger partial charge in [0.05, 0.1) is 11.4 Å². The van der Waals surface area contributed by atoms with Gasteiger partial charge in [0.2, 0.25) is 15.9 Å². The van der Waals surface area contributed by atoms with E-state index >= 15 is 0 Å². The molecular weight excluding hydrogens is 362 g/mol. The fourth-order valence-electron chi connectivity index (χ4n) is 2.83. The van der Waals surface area contributed by atoms with Crippen molar-refractivity contribution < 1.29 is 13.2 Å². The molecule has 0 atom stereocenters. The van der Waals surface area contributed by atoms with E-state index in [1.165, 1.54) is 17.1 Å². The Morgan fingerprint density at radius 2 is 1.76 bits per heavy atom. The van der Waals surface area contributed by atoms with Crippen molar-refractivity contribution in [2.24, 2.45) is 5.92 Å². The van der Waals surface area contributed by atoms with Crippen molar-refractivity contribution in [2.75, 3.05) is 26.2 Å². The predicted octanol–water partition coefficient (Wildman–Crippen LogP) is 1.51. The van der Waals surface area contributed by atoms with E-state index in [-0.39, 0.29) is 18.3 Å². The van der Waals surface area contributed by atoms with Crippen LogP contribution in [0.2, 0.25) is 0 Å². The number of amides is 1. The molecule has 1 saturated carbocycles. The first kappa shape index (κ1) is 20.2. The molecule has 0 spiro atoms. The second-order valence-corrected chi connectivity index (χ2v) is 8.54. The highest BCUT2D eigenvalue weighted by Gasteiger charge is 2.26. The van der Waals surface area contributed by atoms with Crippen LogP contribution < -0.4 is 10.6 Å². The van der Waals surface area contributed by atoms with E-state index in [4.69, 9.17) is 0 Å². The van der Waals surface area contributed by atoms with Crippen LogP contribution in [0.25, 0.3) is 0 Å². The minimum Gasteiger partial charge on any atom is -0.351 e. The van der Waals surface area contributed by atoms with E-state index < -0.39 is 10.0 Å². The molecule has 2 N–H and O–H groups in total. The van der Waals surface area contributed by atoms with Gasteiger partial charge in [0, 0.05) is 19.6 Å². The van der Waals surface area contributed by atoms with Crippen LogP contribution in [0.4, 0.5) is 0 Å². The molecule has 1 aliphatic heterocycles. The van der Waals surface area contributed by atoms with Gasteiger partial charge in [0.25, 0.3) is 0 Å². The van der Waals surface area contributed by atoms with Crippen molar-refractivity contribution in [1.29, 1.82) is 0 Å². The van der Waals surface area contributed by atoms with Crippen molar-refractivity contribution in [3.8, 4) is 0 Å². The van der Waals surface area contributed by atoms with Gasteiger partial charge in [-0.25, -0.2) is 8.42 Å². The average molecular weight is 388 g/mol. The third kappa shape index (κ3) is 5.67. The normalized spacial score (nSPS) is 17.9. The van der Waals surface area contributed by atoms with E-state index in [0.717, 1.165) is 30.9 Å². The molecule has 0 aromatic heterocycles. The summed E-state index contributed by atoms with van der Waals surface area (Å²) < 4.78 is 26.4. The molecule has 6 nitrogen and oxygen atoms in total. The molecule has 1 aromatic rings. The smallest absolute Gasteiger partial charge is 0.243 e. The number of benzene rings is 1. The van der Waals surface area contributed by atoms with E-state index in [0.29, 0.717) is 31.1 Å². The maximum absolute atomic E-state index is 12.4. The Kier molecular flexibility index (Phi) is 7.25. The number of sulfonamides is 1. The quantitative estimate of drug-likeness (QED) is 0.708. The van der Waals surface area contributed by atoms with Crippen LogP contribution in [0.5, 0.6) is 0 Å². The summed E-state index contributed by atoms with van der Waals surface area (Å²) >= 11 is 0. The third-order valence-corrected chi connectivity index (χ3v) is 6.44. The summed E-state index contributed by atoms with van der Waals surface area (Å²) in [4.78, 5) is 12.1. The van der Waals surface area contributed by atoms with Crippen LogP contribution in [0.3, 0.4) is 0 Å². The van der Waals surface area contributed by atoms with Crippen molar-refractivity contribution in [2.45, 2.75) is 37.1 Å². The molecule has 1 amide bonds. The second kappa shape index (κ2) is 8.98. The molecular formula is C17H26ClN3O3S. The van der Waals surface area contributed by atoms with E-state index in [1.54, 1.807) is 24.3 Å². The molecule has 2 aliphatic rings. The minimum atomic E-state index is -3.37. The minimum absolute atomic E-state index is 0. The van der Waals surface area contributed by atoms with Gasteiger partial charge in [0.1, 0.15) is 0 Å². The summed E-state index contributed by atoms with van der Waals surface area (Å²) in [5.41, 5.74) is 0.894. The number of nitrogens with zero attached hydrogens (tertiary/aromatic N) is 1. The first-order chi connectivity index (χ1) is 11.6. The number of carbonyl (C=O) groups is 1. The van der Waals surface area contributed by atoms with Gasteiger partial charge in [-0.3, -0.25) is 4.79 Å². The number of nitrogens with one attached hydrogen (secondary N) is 2. The van der Waals surface area contributed by atoms with Crippen LogP contribution in [0.15, 0.2) is 29.2 Å². The first-order valence-corrected chi connectivity index (χ1v) is 10.1. The lowest BCUT2D eigenvalue weighted by atomic mass is 10.2. The van der Waals surface area contributed by atoms with Crippen molar-refractivity contribution in [3.05, 3.63) is 29.8 Å². The lowest BCUT2D eigenvalue weighted by Gasteiger charge is -2.15. The molecule has 1 aliphatic carbocycles. The summed E-state index contributed by atoms with van der Waals surface area (Å²) in [6.07, 6.45) is 4.39. The van der Waals surface area contributed by atoms with Gasteiger partial charge < -0.3 is 10.6 Å². The predicted molar refractivity (Wildman–Crippen MR) is 99.1 cm³/mol. The maximum atomic E-state index is 12.4. The molecule has 25 heavy (non-hydrogen) atoms. The Morgan fingerprint density at radius 1 is 1.12 bits per heavy atom. The average Bonchev–Trinajstić information content (AvgIpc) is 3.22. The lowest BCUT2D eigenvalue weighted by molar-refractivity contribution is -0.120. The molecule has 1 saturated heterocycles. The first-order valence-electron chi connectivity index (χ1n) is 8.62. The van der Waals surface area contributed by atoms with Crippen molar-refractivity contribution in [3.63, 3.8) is 0 Å². The Balaban J connectivity index is 0.00000225. The Hall–Kier alpha value is -1.15. The molecule has 0 bridgehead atoms. The molecule has 8 heteroatoms. The van der Waals surface area contributed by atoms with Crippen LogP contribution >= 0.6 is 12.4 Å². The molecule has 0 unspecified atom stereocenters. The molecule has 2 fully saturated rings. The summed E-state index contributed by atoms with van der Waals surface area (Å²) in [5, 5.41) is 5.99. The zero-order chi connectivity index (χ0) is 17.0. The van der Waals surface area contributed by atoms with Gasteiger partial charge in [-0.05, 0) is 55.8 Å². The number of halogens is 1. The number of carbonyl (C=O) groups excluding carboxylic acids is 1. The summed E-state index contributed by atoms with van der Waals surface area (Å²) in [7, 11) is -3.37. The topological polar surface area (TPSA) is 78.5 Å². The van der Waals surface area contributed by atoms with Crippen LogP contribution in [0.1, 0.15) is 31.2 Å². The van der Waals surface area contributed by atoms with Gasteiger partial charge >= 0.3 is 0 Å². The van der Waals surface area contributed by atoms with E-state index in [1.807, 2.05) is 0 Å². The maximum Gasteiger partial charge on any atom is 0.243 e. The van der Waals surface area contributed by atoms with Crippen LogP contribution in [0, 0.1) is 5.92 Å². The monoisotopic (exact) mass is 387 g/mol. The number of hydrogen-bond acceptors (Lipinski definition) is 4. The SMILES string of the molecule is Cl.O=C(CNCC1CC1)NCc1ccc(S(=O)(=O)N2CCCC2)cc1. The van der Waals surface area contributed by atoms with Gasteiger partial charge in [-0.1, -0.05) is 12.1 Å². The Labute approximate surface area is 155 Å². The van der Waals surface area contributed by atoms with Gasteiger partial charge in [-0.15, -0.1) is 12.4 Å². The van der Waals surface area contributed by atoms with Crippen molar-refractivity contribution >= 4 is 28.3 Å². The molecule has 0 radical (unpaired) electrons. The summed E-state index contributed by atoms with van der Waals surface area (Å²) in [6, 6.07) is 6.78. The van der Waals surface area contributed by atoms with Crippen LogP contribution in [-0.2, 0) is 21.4 Å². The van der Waals surface area contributed by atoms with Gasteiger partial charge in [0.15, 0.2) is 0 Å². The highest BCUT2D eigenvalue weighted by atomic mass is 35.5. The lowest BCUT2D eigenvalue weighted by Crippen LogP contribution is -2.34. The molecule has 1 aromatic carbocycles. The fraction of sp³-hybridized carbons (Fsp3) is 0.588. The summed E-state index contributed by atoms with van der Waals surface area (Å²) in [6.45, 7) is 2.87. The second-order valence-electron chi connectivity index (χ2n) is 6.61. The Bertz CT molecular complexity index is 669. The molecule has 140 valence electrons. The summed E-state index contributed by atoms with van der Waals surface area (Å²) in [5.74, 6) is 0.715. The van der Waals surface area contributed by atoms with E-state index in [9.17, 15) is 13.2 Å². The standard InChI is InChI=1S/C17H25N3O3S.ClH/c21-17(13-18-11-14-3-4-14)19-12-15-5-7-16(8-6-15)24(22,23)20-9-1-2-10-20;/h5-8,14,18H,1-4,9-13H2,(H,19,21);1H. The highest BCUT2D eigenvalue weighted by molar-refractivity contribution is 7.89. The molecule has 3 rings (SSSR count). The van der Waals surface area contributed by atoms with Crippen LogP contribution in [-0.4, -0.2) is 44.8 Å². The molecule has 1 heterocycles. The largest absolute Gasteiger partial charge is 0.351 e. The fourth-order valence-corrected chi connectivity index (χ4v) is 4.35. The van der Waals surface area contributed by atoms with Crippen molar-refractivity contribution in [1.82, 2.24) is 14.9 Å². The number of hydrogen-bond donors (Lipinski definition) is 2. The van der Waals surface area contributed by atoms with E-state index in [2.05, 4.69) is 10.6 Å². The zero-order valence-electron chi connectivity index (χ0n) is 14.2. The van der Waals surface area contributed by atoms with Gasteiger partial charge in [-0.2, -0.15) is 4.31 Å². The highest BCUT2D eigenvalue weighted by Crippen LogP contribution is 2.27.